The molecule has 5 nitrogen and oxygen atoms in total. The summed E-state index contributed by atoms with van der Waals surface area (Å²) in [5.41, 5.74) is 1.06. The lowest BCUT2D eigenvalue weighted by Gasteiger charge is -2.32. The van der Waals surface area contributed by atoms with Crippen molar-refractivity contribution in [2.75, 3.05) is 52.9 Å². The minimum atomic E-state index is 0.735. The molecule has 0 radical (unpaired) electrons. The van der Waals surface area contributed by atoms with E-state index in [0.29, 0.717) is 0 Å². The van der Waals surface area contributed by atoms with E-state index in [1.807, 2.05) is 18.3 Å². The number of pyridine rings is 1. The zero-order valence-electron chi connectivity index (χ0n) is 13.3. The Kier molecular flexibility index (Phi) is 6.92. The van der Waals surface area contributed by atoms with Gasteiger partial charge in [-0.25, -0.2) is 0 Å². The summed E-state index contributed by atoms with van der Waals surface area (Å²) in [6.45, 7) is 10.3. The van der Waals surface area contributed by atoms with Gasteiger partial charge in [-0.2, -0.15) is 0 Å². The Labute approximate surface area is 128 Å². The molecule has 118 valence electrons. The molecule has 1 N–H and O–H groups in total. The fourth-order valence-electron chi connectivity index (χ4n) is 2.36. The Balaban J connectivity index is 1.64. The van der Waals surface area contributed by atoms with Gasteiger partial charge in [-0.1, -0.05) is 6.92 Å². The molecule has 0 saturated carbocycles. The van der Waals surface area contributed by atoms with Crippen molar-refractivity contribution in [3.05, 3.63) is 24.0 Å². The Morgan fingerprint density at radius 3 is 2.71 bits per heavy atom. The van der Waals surface area contributed by atoms with E-state index in [-0.39, 0.29) is 0 Å². The van der Waals surface area contributed by atoms with Crippen LogP contribution in [0, 0.1) is 0 Å². The van der Waals surface area contributed by atoms with Crippen molar-refractivity contribution in [1.29, 1.82) is 0 Å². The maximum absolute atomic E-state index is 5.78. The molecule has 0 unspecified atom stereocenters. The van der Waals surface area contributed by atoms with Gasteiger partial charge < -0.3 is 15.0 Å². The molecular weight excluding hydrogens is 264 g/mol. The van der Waals surface area contributed by atoms with Crippen LogP contribution in [0.4, 0.5) is 0 Å². The topological polar surface area (TPSA) is 40.6 Å². The molecule has 0 bridgehead atoms. The molecule has 1 aliphatic rings. The molecule has 0 atom stereocenters. The second kappa shape index (κ2) is 8.97. The summed E-state index contributed by atoms with van der Waals surface area (Å²) in [6, 6.07) is 4.05. The average Bonchev–Trinajstić information content (AvgIpc) is 2.51. The predicted octanol–water partition coefficient (Wildman–Crippen LogP) is 1.21. The summed E-state index contributed by atoms with van der Waals surface area (Å²) >= 11 is 0. The first kappa shape index (κ1) is 16.2. The minimum Gasteiger partial charge on any atom is -0.491 e. The highest BCUT2D eigenvalue weighted by atomic mass is 16.5. The van der Waals surface area contributed by atoms with E-state index in [1.54, 1.807) is 0 Å². The lowest BCUT2D eigenvalue weighted by molar-refractivity contribution is 0.133. The molecule has 1 aliphatic heterocycles. The molecule has 2 heterocycles. The molecule has 0 spiro atoms. The lowest BCUT2D eigenvalue weighted by atomic mass is 10.3. The fourth-order valence-corrected chi connectivity index (χ4v) is 2.36. The number of piperazine rings is 1. The molecule has 0 aliphatic carbocycles. The highest BCUT2D eigenvalue weighted by molar-refractivity contribution is 5.19. The lowest BCUT2D eigenvalue weighted by Crippen LogP contribution is -2.45. The van der Waals surface area contributed by atoms with Gasteiger partial charge in [0.2, 0.25) is 0 Å². The van der Waals surface area contributed by atoms with Crippen molar-refractivity contribution >= 4 is 0 Å². The molecule has 0 aromatic carbocycles. The highest BCUT2D eigenvalue weighted by Gasteiger charge is 2.13. The summed E-state index contributed by atoms with van der Waals surface area (Å²) in [4.78, 5) is 9.24. The van der Waals surface area contributed by atoms with Crippen LogP contribution in [0.2, 0.25) is 0 Å². The van der Waals surface area contributed by atoms with E-state index < -0.39 is 0 Å². The maximum Gasteiger partial charge on any atom is 0.137 e. The molecular formula is C16H28N4O. The third-order valence-electron chi connectivity index (χ3n) is 3.80. The van der Waals surface area contributed by atoms with Gasteiger partial charge in [0.15, 0.2) is 0 Å². The molecule has 21 heavy (non-hydrogen) atoms. The normalized spacial score (nSPS) is 17.0. The largest absolute Gasteiger partial charge is 0.491 e. The molecule has 2 rings (SSSR count). The van der Waals surface area contributed by atoms with Gasteiger partial charge in [0.1, 0.15) is 12.4 Å². The quantitative estimate of drug-likeness (QED) is 0.729. The predicted molar refractivity (Wildman–Crippen MR) is 85.7 cm³/mol. The van der Waals surface area contributed by atoms with Crippen LogP contribution in [0.5, 0.6) is 5.75 Å². The van der Waals surface area contributed by atoms with Crippen LogP contribution in [0.3, 0.4) is 0 Å². The fraction of sp³-hybridized carbons (Fsp3) is 0.688. The van der Waals surface area contributed by atoms with E-state index in [9.17, 15) is 0 Å². The first-order valence-corrected chi connectivity index (χ1v) is 7.97. The van der Waals surface area contributed by atoms with Crippen molar-refractivity contribution < 1.29 is 4.74 Å². The van der Waals surface area contributed by atoms with Gasteiger partial charge in [-0.3, -0.25) is 9.88 Å². The number of aromatic nitrogens is 1. The number of hydrogen-bond donors (Lipinski definition) is 1. The van der Waals surface area contributed by atoms with Crippen molar-refractivity contribution in [2.24, 2.45) is 0 Å². The van der Waals surface area contributed by atoms with Gasteiger partial charge in [-0.15, -0.1) is 0 Å². The Bertz CT molecular complexity index is 388. The number of nitrogens with zero attached hydrogens (tertiary/aromatic N) is 3. The first-order valence-electron chi connectivity index (χ1n) is 7.97. The van der Waals surface area contributed by atoms with E-state index in [0.717, 1.165) is 70.3 Å². The van der Waals surface area contributed by atoms with E-state index in [2.05, 4.69) is 34.1 Å². The Morgan fingerprint density at radius 2 is 2.05 bits per heavy atom. The van der Waals surface area contributed by atoms with Gasteiger partial charge >= 0.3 is 0 Å². The average molecular weight is 292 g/mol. The molecule has 1 aromatic heterocycles. The number of nitrogens with one attached hydrogen (secondary N) is 1. The standard InChI is InChI=1S/C16H28N4O/c1-3-6-17-13-15-4-5-16(14-18-15)21-12-11-20-9-7-19(2)8-10-20/h4-5,14,17H,3,6-13H2,1-2H3. The summed E-state index contributed by atoms with van der Waals surface area (Å²) in [7, 11) is 2.18. The number of rotatable bonds is 8. The first-order chi connectivity index (χ1) is 10.3. The molecule has 5 heteroatoms. The van der Waals surface area contributed by atoms with Crippen molar-refractivity contribution in [1.82, 2.24) is 20.1 Å². The van der Waals surface area contributed by atoms with Crippen LogP contribution in [0.1, 0.15) is 19.0 Å². The minimum absolute atomic E-state index is 0.735. The van der Waals surface area contributed by atoms with Crippen molar-refractivity contribution in [3.8, 4) is 5.75 Å². The second-order valence-corrected chi connectivity index (χ2v) is 5.66. The van der Waals surface area contributed by atoms with Crippen LogP contribution in [-0.4, -0.2) is 67.7 Å². The maximum atomic E-state index is 5.78. The van der Waals surface area contributed by atoms with Gasteiger partial charge in [0.05, 0.1) is 11.9 Å². The summed E-state index contributed by atoms with van der Waals surface area (Å²) in [5, 5.41) is 3.35. The molecule has 1 aromatic rings. The Hall–Kier alpha value is -1.17. The van der Waals surface area contributed by atoms with Crippen LogP contribution >= 0.6 is 0 Å². The molecule has 0 amide bonds. The zero-order chi connectivity index (χ0) is 14.9. The SMILES string of the molecule is CCCNCc1ccc(OCCN2CCN(C)CC2)cn1. The molecule has 1 saturated heterocycles. The summed E-state index contributed by atoms with van der Waals surface area (Å²) < 4.78 is 5.78. The van der Waals surface area contributed by atoms with E-state index in [4.69, 9.17) is 4.74 Å². The zero-order valence-corrected chi connectivity index (χ0v) is 13.3. The third kappa shape index (κ3) is 5.99. The smallest absolute Gasteiger partial charge is 0.137 e. The second-order valence-electron chi connectivity index (χ2n) is 5.66. The van der Waals surface area contributed by atoms with Crippen molar-refractivity contribution in [2.45, 2.75) is 19.9 Å². The number of ether oxygens (including phenoxy) is 1. The highest BCUT2D eigenvalue weighted by Crippen LogP contribution is 2.09. The van der Waals surface area contributed by atoms with Gasteiger partial charge in [0, 0.05) is 39.3 Å². The monoisotopic (exact) mass is 292 g/mol. The number of hydrogen-bond acceptors (Lipinski definition) is 5. The van der Waals surface area contributed by atoms with E-state index >= 15 is 0 Å². The van der Waals surface area contributed by atoms with E-state index in [1.165, 1.54) is 0 Å². The van der Waals surface area contributed by atoms with Crippen LogP contribution in [0.25, 0.3) is 0 Å². The third-order valence-corrected chi connectivity index (χ3v) is 3.80. The van der Waals surface area contributed by atoms with Crippen LogP contribution in [0.15, 0.2) is 18.3 Å². The van der Waals surface area contributed by atoms with Gasteiger partial charge in [0.25, 0.3) is 0 Å². The van der Waals surface area contributed by atoms with Crippen LogP contribution < -0.4 is 10.1 Å². The number of likely N-dealkylation sites (N-methyl/N-ethyl adjacent to an activating group) is 1. The van der Waals surface area contributed by atoms with Crippen molar-refractivity contribution in [3.63, 3.8) is 0 Å². The summed E-state index contributed by atoms with van der Waals surface area (Å²) in [5.74, 6) is 0.864. The van der Waals surface area contributed by atoms with Crippen LogP contribution in [-0.2, 0) is 6.54 Å². The Morgan fingerprint density at radius 1 is 1.24 bits per heavy atom. The van der Waals surface area contributed by atoms with Gasteiger partial charge in [-0.05, 0) is 32.1 Å². The summed E-state index contributed by atoms with van der Waals surface area (Å²) in [6.07, 6.45) is 2.97. The molecule has 1 fully saturated rings.